The van der Waals surface area contributed by atoms with Gasteiger partial charge in [-0.3, -0.25) is 4.98 Å². The van der Waals surface area contributed by atoms with Crippen molar-refractivity contribution in [3.05, 3.63) is 71.5 Å². The molecule has 0 aliphatic heterocycles. The van der Waals surface area contributed by atoms with Gasteiger partial charge in [-0.2, -0.15) is 0 Å². The summed E-state index contributed by atoms with van der Waals surface area (Å²) in [6.45, 7) is 2.64. The highest BCUT2D eigenvalue weighted by Crippen LogP contribution is 2.31. The molecule has 0 aliphatic rings. The summed E-state index contributed by atoms with van der Waals surface area (Å²) in [5.41, 5.74) is 9.04. The Morgan fingerprint density at radius 1 is 1.17 bits per heavy atom. The molecule has 4 aromatic rings. The highest BCUT2D eigenvalue weighted by molar-refractivity contribution is 9.10. The van der Waals surface area contributed by atoms with Crippen LogP contribution in [-0.2, 0) is 7.05 Å². The number of imidazole rings is 1. The summed E-state index contributed by atoms with van der Waals surface area (Å²) in [7, 11) is 2.01. The lowest BCUT2D eigenvalue weighted by Gasteiger charge is -2.25. The highest BCUT2D eigenvalue weighted by atomic mass is 79.9. The minimum absolute atomic E-state index is 0.0136. The first kappa shape index (κ1) is 19.4. The average Bonchev–Trinajstić information content (AvgIpc) is 3.03. The maximum Gasteiger partial charge on any atom is 0.210 e. The van der Waals surface area contributed by atoms with Gasteiger partial charge < -0.3 is 19.9 Å². The molecule has 0 saturated carbocycles. The van der Waals surface area contributed by atoms with Gasteiger partial charge >= 0.3 is 0 Å². The van der Waals surface area contributed by atoms with Crippen LogP contribution in [-0.4, -0.2) is 27.1 Å². The van der Waals surface area contributed by atoms with E-state index in [4.69, 9.17) is 15.5 Å². The predicted octanol–water partition coefficient (Wildman–Crippen LogP) is 4.81. The van der Waals surface area contributed by atoms with E-state index in [1.807, 2.05) is 44.3 Å². The van der Waals surface area contributed by atoms with Gasteiger partial charge in [0.15, 0.2) is 0 Å². The van der Waals surface area contributed by atoms with E-state index in [2.05, 4.69) is 48.7 Å². The number of pyridine rings is 1. The molecule has 1 atom stereocenters. The minimum Gasteiger partial charge on any atom is -0.457 e. The van der Waals surface area contributed by atoms with Gasteiger partial charge in [0.2, 0.25) is 5.95 Å². The molecule has 6 nitrogen and oxygen atoms in total. The molecule has 7 heteroatoms. The number of aryl methyl sites for hydroxylation is 1. The average molecular weight is 451 g/mol. The van der Waals surface area contributed by atoms with Crippen LogP contribution in [0, 0.1) is 6.20 Å². The van der Waals surface area contributed by atoms with Crippen LogP contribution >= 0.6 is 15.9 Å². The number of hydrogen-bond acceptors (Lipinski definition) is 5. The fourth-order valence-electron chi connectivity index (χ4n) is 3.19. The SMILES string of the molecule is C[C@H](N)CN(c1ccc(Br)cc1)c1nc2cc(Oc3c[c]ncc3)ccc2n1C. The maximum absolute atomic E-state index is 6.14. The molecular formula is C22H21BrN5O. The largest absolute Gasteiger partial charge is 0.457 e. The number of halogens is 1. The fraction of sp³-hybridized carbons (Fsp3) is 0.182. The third-order valence-electron chi connectivity index (χ3n) is 4.51. The predicted molar refractivity (Wildman–Crippen MR) is 119 cm³/mol. The second-order valence-corrected chi connectivity index (χ2v) is 7.82. The molecule has 0 bridgehead atoms. The molecule has 0 fully saturated rings. The Kier molecular flexibility index (Phi) is 5.51. The molecule has 0 saturated heterocycles. The normalized spacial score (nSPS) is 12.1. The number of nitrogens with zero attached hydrogens (tertiary/aromatic N) is 4. The summed E-state index contributed by atoms with van der Waals surface area (Å²) in [6.07, 6.45) is 4.42. The van der Waals surface area contributed by atoms with Gasteiger partial charge in [-0.05, 0) is 49.4 Å². The summed E-state index contributed by atoms with van der Waals surface area (Å²) >= 11 is 3.50. The number of hydrogen-bond donors (Lipinski definition) is 1. The van der Waals surface area contributed by atoms with E-state index in [1.54, 1.807) is 18.3 Å². The quantitative estimate of drug-likeness (QED) is 0.456. The van der Waals surface area contributed by atoms with Gasteiger partial charge in [-0.1, -0.05) is 15.9 Å². The standard InChI is InChI=1S/C22H21BrN5O/c1-15(24)14-28(17-5-3-16(23)4-6-17)22-26-20-13-19(7-8-21(20)27(22)2)29-18-9-11-25-12-10-18/h3-11,13,15H,14,24H2,1-2H3/t15-/m0/s1. The molecule has 2 N–H and O–H groups in total. The van der Waals surface area contributed by atoms with Gasteiger partial charge in [0.05, 0.1) is 17.2 Å². The zero-order valence-electron chi connectivity index (χ0n) is 16.2. The Labute approximate surface area is 178 Å². The van der Waals surface area contributed by atoms with Crippen molar-refractivity contribution in [3.8, 4) is 11.5 Å². The third kappa shape index (κ3) is 4.26. The topological polar surface area (TPSA) is 69.2 Å². The number of aromatic nitrogens is 3. The first-order valence-corrected chi connectivity index (χ1v) is 10.1. The van der Waals surface area contributed by atoms with E-state index in [-0.39, 0.29) is 6.04 Å². The second-order valence-electron chi connectivity index (χ2n) is 6.91. The zero-order valence-corrected chi connectivity index (χ0v) is 17.8. The van der Waals surface area contributed by atoms with E-state index in [0.717, 1.165) is 27.1 Å². The summed E-state index contributed by atoms with van der Waals surface area (Å²) < 4.78 is 9.00. The van der Waals surface area contributed by atoms with Crippen molar-refractivity contribution in [3.63, 3.8) is 0 Å². The molecule has 2 heterocycles. The summed E-state index contributed by atoms with van der Waals surface area (Å²) in [4.78, 5) is 10.9. The second kappa shape index (κ2) is 8.23. The van der Waals surface area contributed by atoms with E-state index in [9.17, 15) is 0 Å². The number of ether oxygens (including phenoxy) is 1. The Bertz CT molecular complexity index is 1110. The Balaban J connectivity index is 1.73. The first-order valence-electron chi connectivity index (χ1n) is 9.26. The zero-order chi connectivity index (χ0) is 20.4. The van der Waals surface area contributed by atoms with Crippen molar-refractivity contribution in [2.75, 3.05) is 11.4 Å². The fourth-order valence-corrected chi connectivity index (χ4v) is 3.45. The summed E-state index contributed by atoms with van der Waals surface area (Å²) in [6, 6.07) is 17.5. The molecule has 2 aromatic heterocycles. The smallest absolute Gasteiger partial charge is 0.210 e. The molecule has 0 unspecified atom stereocenters. The highest BCUT2D eigenvalue weighted by Gasteiger charge is 2.18. The first-order chi connectivity index (χ1) is 14.0. The Hall–Kier alpha value is -2.90. The minimum atomic E-state index is -0.0136. The number of nitrogens with two attached hydrogens (primary N) is 1. The molecule has 0 aliphatic carbocycles. The van der Waals surface area contributed by atoms with Crippen molar-refractivity contribution in [2.24, 2.45) is 12.8 Å². The van der Waals surface area contributed by atoms with Gasteiger partial charge in [0, 0.05) is 48.1 Å². The maximum atomic E-state index is 6.14. The molecule has 147 valence electrons. The Morgan fingerprint density at radius 2 is 1.97 bits per heavy atom. The molecule has 29 heavy (non-hydrogen) atoms. The van der Waals surface area contributed by atoms with Crippen LogP contribution in [0.4, 0.5) is 11.6 Å². The molecular weight excluding hydrogens is 430 g/mol. The van der Waals surface area contributed by atoms with Crippen molar-refractivity contribution in [1.82, 2.24) is 14.5 Å². The van der Waals surface area contributed by atoms with Crippen molar-refractivity contribution >= 4 is 38.6 Å². The van der Waals surface area contributed by atoms with Crippen LogP contribution in [0.25, 0.3) is 11.0 Å². The van der Waals surface area contributed by atoms with Crippen LogP contribution < -0.4 is 15.4 Å². The lowest BCUT2D eigenvalue weighted by molar-refractivity contribution is 0.482. The molecule has 0 spiro atoms. The number of anilines is 2. The molecule has 2 aromatic carbocycles. The van der Waals surface area contributed by atoms with Crippen molar-refractivity contribution in [2.45, 2.75) is 13.0 Å². The number of benzene rings is 2. The van der Waals surface area contributed by atoms with E-state index in [0.29, 0.717) is 18.0 Å². The third-order valence-corrected chi connectivity index (χ3v) is 5.04. The molecule has 0 amide bonds. The Morgan fingerprint density at radius 3 is 2.66 bits per heavy atom. The molecule has 1 radical (unpaired) electrons. The van der Waals surface area contributed by atoms with E-state index >= 15 is 0 Å². The van der Waals surface area contributed by atoms with Crippen LogP contribution in [0.1, 0.15) is 6.92 Å². The van der Waals surface area contributed by atoms with Crippen molar-refractivity contribution < 1.29 is 4.74 Å². The van der Waals surface area contributed by atoms with Gasteiger partial charge in [0.1, 0.15) is 11.5 Å². The lowest BCUT2D eigenvalue weighted by Crippen LogP contribution is -2.33. The van der Waals surface area contributed by atoms with Crippen LogP contribution in [0.3, 0.4) is 0 Å². The number of rotatable bonds is 6. The molecule has 4 rings (SSSR count). The van der Waals surface area contributed by atoms with Crippen LogP contribution in [0.15, 0.2) is 65.3 Å². The summed E-state index contributed by atoms with van der Waals surface area (Å²) in [5, 5.41) is 0. The van der Waals surface area contributed by atoms with Crippen LogP contribution in [0.5, 0.6) is 11.5 Å². The summed E-state index contributed by atoms with van der Waals surface area (Å²) in [5.74, 6) is 2.22. The lowest BCUT2D eigenvalue weighted by atomic mass is 10.2. The monoisotopic (exact) mass is 450 g/mol. The van der Waals surface area contributed by atoms with Gasteiger partial charge in [0.25, 0.3) is 0 Å². The van der Waals surface area contributed by atoms with E-state index < -0.39 is 0 Å². The number of fused-ring (bicyclic) bond motifs is 1. The van der Waals surface area contributed by atoms with Gasteiger partial charge in [-0.15, -0.1) is 0 Å². The van der Waals surface area contributed by atoms with Crippen LogP contribution in [0.2, 0.25) is 0 Å². The van der Waals surface area contributed by atoms with E-state index in [1.165, 1.54) is 0 Å². The van der Waals surface area contributed by atoms with Crippen molar-refractivity contribution in [1.29, 1.82) is 0 Å². The van der Waals surface area contributed by atoms with Gasteiger partial charge in [-0.25, -0.2) is 4.98 Å².